The third kappa shape index (κ3) is 18.5. The Morgan fingerprint density at radius 1 is 0.802 bits per heavy atom. The maximum Gasteiger partial charge on any atom is 0.254 e. The minimum Gasteiger partial charge on any atom is -0.489 e. The summed E-state index contributed by atoms with van der Waals surface area (Å²) < 4.78 is 21.4. The fraction of sp³-hybridized carbons (Fsp3) is 0.531. The van der Waals surface area contributed by atoms with E-state index in [1.807, 2.05) is 0 Å². The van der Waals surface area contributed by atoms with Crippen molar-refractivity contribution in [3.63, 3.8) is 0 Å². The van der Waals surface area contributed by atoms with Crippen molar-refractivity contribution in [2.24, 2.45) is 47.0 Å². The molecule has 0 saturated carbocycles. The van der Waals surface area contributed by atoms with Gasteiger partial charge < -0.3 is 78.6 Å². The summed E-state index contributed by atoms with van der Waals surface area (Å²) in [5.74, 6) is -18.7. The molecule has 1 saturated heterocycles. The molecule has 96 heavy (non-hydrogen) atoms. The van der Waals surface area contributed by atoms with Crippen molar-refractivity contribution in [3.05, 3.63) is 65.7 Å². The first kappa shape index (κ1) is 74.3. The average Bonchev–Trinajstić information content (AvgIpc) is 1.62. The van der Waals surface area contributed by atoms with E-state index in [0.717, 1.165) is 17.1 Å². The molecule has 5 heterocycles. The first-order valence-corrected chi connectivity index (χ1v) is 32.9. The number of primary amides is 1. The molecule has 0 aliphatic carbocycles. The Morgan fingerprint density at radius 3 is 2.08 bits per heavy atom. The Labute approximate surface area is 554 Å². The van der Waals surface area contributed by atoms with E-state index in [4.69, 9.17) is 16.2 Å². The smallest absolute Gasteiger partial charge is 0.254 e. The lowest BCUT2D eigenvalue weighted by Gasteiger charge is -2.32. The number of ketones is 3. The highest BCUT2D eigenvalue weighted by Gasteiger charge is 2.46. The number of hydrogen-bond acceptors (Lipinski definition) is 20. The second-order valence-corrected chi connectivity index (χ2v) is 26.6. The van der Waals surface area contributed by atoms with Crippen LogP contribution < -0.4 is 53.4 Å². The van der Waals surface area contributed by atoms with Crippen molar-refractivity contribution in [1.29, 1.82) is 0 Å². The number of nitrogens with one attached hydrogen (secondary N) is 8. The lowest BCUT2D eigenvalue weighted by atomic mass is 9.85. The summed E-state index contributed by atoms with van der Waals surface area (Å²) in [6.45, 7) is 6.21. The van der Waals surface area contributed by atoms with Gasteiger partial charge in [-0.15, -0.1) is 0 Å². The average molecular weight is 1360 g/mol. The van der Waals surface area contributed by atoms with Gasteiger partial charge in [-0.05, 0) is 53.6 Å². The van der Waals surface area contributed by atoms with Crippen molar-refractivity contribution in [3.8, 4) is 5.75 Å². The number of carbonyl (C=O) groups excluding carboxylic acids is 14. The van der Waals surface area contributed by atoms with E-state index >= 15 is 4.21 Å². The van der Waals surface area contributed by atoms with Gasteiger partial charge in [0.2, 0.25) is 53.2 Å². The van der Waals surface area contributed by atoms with E-state index < -0.39 is 248 Å². The van der Waals surface area contributed by atoms with Crippen molar-refractivity contribution in [2.75, 3.05) is 43.9 Å². The second-order valence-electron chi connectivity index (χ2n) is 25.1. The molecule has 2 aromatic carbocycles. The van der Waals surface area contributed by atoms with Crippen LogP contribution in [0.15, 0.2) is 59.6 Å². The predicted octanol–water partition coefficient (Wildman–Crippen LogP) is -2.94. The van der Waals surface area contributed by atoms with Crippen molar-refractivity contribution in [2.45, 2.75) is 147 Å². The molecule has 1 aromatic heterocycles. The van der Waals surface area contributed by atoms with Crippen LogP contribution in [0.4, 0.5) is 5.69 Å². The highest BCUT2D eigenvalue weighted by molar-refractivity contribution is 7.85. The molecule has 1 fully saturated rings. The molecule has 4 aliphatic rings. The van der Waals surface area contributed by atoms with Crippen LogP contribution in [0.1, 0.15) is 91.2 Å². The Bertz CT molecular complexity index is 3560. The highest BCUT2D eigenvalue weighted by atomic mass is 32.2. The lowest BCUT2D eigenvalue weighted by Crippen LogP contribution is -2.57. The van der Waals surface area contributed by atoms with Crippen LogP contribution in [0.3, 0.4) is 0 Å². The maximum absolute atomic E-state index is 15.2. The zero-order chi connectivity index (χ0) is 70.6. The Balaban J connectivity index is 1.20. The fourth-order valence-corrected chi connectivity index (χ4v) is 13.3. The van der Waals surface area contributed by atoms with Crippen LogP contribution in [0, 0.1) is 35.5 Å². The largest absolute Gasteiger partial charge is 0.489 e. The van der Waals surface area contributed by atoms with Crippen LogP contribution in [0.5, 0.6) is 5.75 Å². The second kappa shape index (κ2) is 33.0. The fourth-order valence-electron chi connectivity index (χ4n) is 11.9. The number of fused-ring (bicyclic) bond motifs is 5. The number of H-pyrrole nitrogens is 1. The number of aromatic nitrogens is 1. The number of anilines is 1. The van der Waals surface area contributed by atoms with Crippen LogP contribution in [0.25, 0.3) is 10.9 Å². The maximum atomic E-state index is 15.2. The Kier molecular flexibility index (Phi) is 25.6. The van der Waals surface area contributed by atoms with Crippen LogP contribution in [0.2, 0.25) is 0 Å². The van der Waals surface area contributed by atoms with Gasteiger partial charge in [0.15, 0.2) is 17.3 Å². The monoisotopic (exact) mass is 1360 g/mol. The molecule has 14 atom stereocenters. The SMILES string of the molecule is CC[C@H](C)[C@@H]1NC(=O)CNC(=O)C2CC(=O)[C@H]([C@@H](C)[C@@H](O)CO)NC(=O)[C@@H]3CC(O)CN3C(=O)[C@H](CC(N)=O)CC(=O)C(C[S@@](=O)c3[nH]c4cc(OCc5ccc(NC(=O)[C@H](C)CC(=O)[C@@H](NC(=O)[C@H](CN)N6C(=O)C=CC6=O)C(C)C)cc5)ccc4c3C2)NC(=O)CNC1=O. The van der Waals surface area contributed by atoms with Crippen molar-refractivity contribution >= 4 is 110 Å². The van der Waals surface area contributed by atoms with Gasteiger partial charge in [0.25, 0.3) is 11.8 Å². The summed E-state index contributed by atoms with van der Waals surface area (Å²) in [6, 6.07) is 2.36. The summed E-state index contributed by atoms with van der Waals surface area (Å²) in [5, 5.41) is 50.1. The number of rotatable bonds is 20. The van der Waals surface area contributed by atoms with Gasteiger partial charge in [0.05, 0.1) is 78.0 Å². The molecule has 0 radical (unpaired) electrons. The molecule has 2 bridgehead atoms. The molecule has 11 amide bonds. The third-order valence-electron chi connectivity index (χ3n) is 17.7. The molecule has 0 spiro atoms. The van der Waals surface area contributed by atoms with Crippen LogP contribution >= 0.6 is 0 Å². The molecule has 4 aliphatic heterocycles. The summed E-state index contributed by atoms with van der Waals surface area (Å²) >= 11 is 0. The third-order valence-corrected chi connectivity index (χ3v) is 19.1. The lowest BCUT2D eigenvalue weighted by molar-refractivity contribution is -0.145. The first-order valence-electron chi connectivity index (χ1n) is 31.6. The summed E-state index contributed by atoms with van der Waals surface area (Å²) in [4.78, 5) is 197. The molecular formula is C64H84N12O19S. The molecule has 7 rings (SSSR count). The molecular weight excluding hydrogens is 1270 g/mol. The van der Waals surface area contributed by atoms with E-state index in [1.165, 1.54) is 19.9 Å². The molecule has 32 heteroatoms. The number of hydrogen-bond donors (Lipinski definition) is 13. The van der Waals surface area contributed by atoms with E-state index in [-0.39, 0.29) is 34.9 Å². The Morgan fingerprint density at radius 2 is 1.46 bits per heavy atom. The van der Waals surface area contributed by atoms with Crippen LogP contribution in [-0.4, -0.2) is 204 Å². The Hall–Kier alpha value is -9.11. The number of Topliss-reactive ketones (excluding diaryl/α,β-unsaturated/α-hetero) is 3. The van der Waals surface area contributed by atoms with E-state index in [9.17, 15) is 82.4 Å². The molecule has 520 valence electrons. The summed E-state index contributed by atoms with van der Waals surface area (Å²) in [5.41, 5.74) is 12.7. The number of imide groups is 1. The van der Waals surface area contributed by atoms with E-state index in [1.54, 1.807) is 64.1 Å². The number of benzene rings is 2. The number of amides is 11. The quantitative estimate of drug-likeness (QED) is 0.0503. The number of aromatic amines is 1. The normalized spacial score (nSPS) is 24.7. The molecule has 31 nitrogen and oxygen atoms in total. The molecule has 3 unspecified atom stereocenters. The minimum atomic E-state index is -2.42. The standard InChI is InChI=1S/C64H84N12O19S/c1-7-31(4)56-62(92)68-24-51(84)70-43-29-96(94)63-41(17-35(59(89)67-25-52(85)72-56)18-48(81)57(33(6)49(82)27-77)74-60(90)44-21-38(78)26-75(44)64(93)36(19-46(43)79)20-50(66)83)40-13-12-39(22-42(40)71-63)95-28-34-8-10-37(11-9-34)69-58(88)32(5)16-47(80)55(30(2)3)73-61(91)45(23-65)76-53(86)14-15-54(76)87/h8-15,22,30-33,35-36,38,43-45,49,55-57,71,77-78,82H,7,16-21,23-29,65H2,1-6H3,(H2,66,83)(H,67,89)(H,68,92)(H,69,88)(H,70,84)(H,72,85)(H,73,91)(H,74,90)/t31-,32+,33-,35?,36-,38?,43?,44-,45-,49-,55-,56-,57-,96+/m0/s1. The van der Waals surface area contributed by atoms with Crippen molar-refractivity contribution < 1.29 is 91.4 Å². The van der Waals surface area contributed by atoms with Gasteiger partial charge in [0.1, 0.15) is 35.5 Å². The number of aliphatic hydroxyl groups is 3. The van der Waals surface area contributed by atoms with Gasteiger partial charge >= 0.3 is 0 Å². The van der Waals surface area contributed by atoms with Gasteiger partial charge in [-0.25, -0.2) is 0 Å². The zero-order valence-electron chi connectivity index (χ0n) is 54.0. The minimum absolute atomic E-state index is 0.0691. The highest BCUT2D eigenvalue weighted by Crippen LogP contribution is 2.34. The van der Waals surface area contributed by atoms with Crippen molar-refractivity contribution in [1.82, 2.24) is 46.7 Å². The first-order chi connectivity index (χ1) is 45.4. The van der Waals surface area contributed by atoms with Gasteiger partial charge in [0, 0.05) is 92.2 Å². The number of ether oxygens (including phenoxy) is 1. The number of aliphatic hydroxyl groups excluding tert-OH is 3. The van der Waals surface area contributed by atoms with Gasteiger partial charge in [-0.2, -0.15) is 0 Å². The summed E-state index contributed by atoms with van der Waals surface area (Å²) in [6.07, 6.45) is -4.22. The topological polar surface area (TPSA) is 484 Å². The number of nitrogens with zero attached hydrogens (tertiary/aromatic N) is 2. The summed E-state index contributed by atoms with van der Waals surface area (Å²) in [7, 11) is -2.42. The molecule has 15 N–H and O–H groups in total. The van der Waals surface area contributed by atoms with Gasteiger partial charge in [-0.3, -0.25) is 76.2 Å². The zero-order valence-corrected chi connectivity index (χ0v) is 54.8. The van der Waals surface area contributed by atoms with Crippen LogP contribution in [-0.2, 0) is 91.0 Å². The molecule has 3 aromatic rings. The van der Waals surface area contributed by atoms with E-state index in [2.05, 4.69) is 42.2 Å². The predicted molar refractivity (Wildman–Crippen MR) is 342 cm³/mol. The number of nitrogens with two attached hydrogens (primary N) is 2. The van der Waals surface area contributed by atoms with Gasteiger partial charge in [-0.1, -0.05) is 60.1 Å². The van der Waals surface area contributed by atoms with E-state index in [0.29, 0.717) is 28.0 Å². The number of carbonyl (C=O) groups is 14.